The van der Waals surface area contributed by atoms with E-state index in [2.05, 4.69) is 6.07 Å². The van der Waals surface area contributed by atoms with E-state index in [0.29, 0.717) is 12.3 Å². The second kappa shape index (κ2) is 5.87. The summed E-state index contributed by atoms with van der Waals surface area (Å²) in [7, 11) is 1.96. The summed E-state index contributed by atoms with van der Waals surface area (Å²) in [6, 6.07) is 2.07. The Labute approximate surface area is 61.0 Å². The molecule has 0 atom stereocenters. The second-order valence-corrected chi connectivity index (χ2v) is 2.28. The maximum atomic E-state index is 8.17. The van der Waals surface area contributed by atoms with Crippen molar-refractivity contribution < 1.29 is 0 Å². The summed E-state index contributed by atoms with van der Waals surface area (Å²) in [6.45, 7) is 1.69. The molecular formula is C6H11ClN2. The Balaban J connectivity index is 3.07. The molecule has 52 valence electrons. The number of alkyl halides is 1. The van der Waals surface area contributed by atoms with Gasteiger partial charge in [0.2, 0.25) is 0 Å². The zero-order chi connectivity index (χ0) is 7.11. The zero-order valence-electron chi connectivity index (χ0n) is 5.60. The average Bonchev–Trinajstić information content (AvgIpc) is 1.85. The van der Waals surface area contributed by atoms with Crippen molar-refractivity contribution in [1.29, 1.82) is 5.26 Å². The molecule has 0 rings (SSSR count). The molecule has 0 aliphatic carbocycles. The Bertz CT molecular complexity index is 97.7. The highest BCUT2D eigenvalue weighted by molar-refractivity contribution is 6.18. The van der Waals surface area contributed by atoms with Crippen LogP contribution in [0.1, 0.15) is 6.42 Å². The van der Waals surface area contributed by atoms with Crippen LogP contribution in [0.2, 0.25) is 0 Å². The SMILES string of the molecule is CN(CCCl)CCC#N. The van der Waals surface area contributed by atoms with Crippen molar-refractivity contribution in [3.05, 3.63) is 0 Å². The highest BCUT2D eigenvalue weighted by Gasteiger charge is 1.93. The van der Waals surface area contributed by atoms with Gasteiger partial charge in [0, 0.05) is 25.4 Å². The van der Waals surface area contributed by atoms with E-state index >= 15 is 0 Å². The summed E-state index contributed by atoms with van der Waals surface area (Å²) >= 11 is 5.45. The van der Waals surface area contributed by atoms with Crippen LogP contribution in [-0.2, 0) is 0 Å². The fraction of sp³-hybridized carbons (Fsp3) is 0.833. The van der Waals surface area contributed by atoms with Crippen molar-refractivity contribution >= 4 is 11.6 Å². The summed E-state index contributed by atoms with van der Waals surface area (Å²) in [5.74, 6) is 0.641. The van der Waals surface area contributed by atoms with E-state index in [1.807, 2.05) is 11.9 Å². The lowest BCUT2D eigenvalue weighted by Crippen LogP contribution is -2.21. The minimum Gasteiger partial charge on any atom is -0.304 e. The molecule has 0 unspecified atom stereocenters. The third-order valence-corrected chi connectivity index (χ3v) is 1.24. The summed E-state index contributed by atoms with van der Waals surface area (Å²) in [4.78, 5) is 2.04. The maximum absolute atomic E-state index is 8.17. The molecule has 0 aromatic carbocycles. The minimum atomic E-state index is 0.591. The van der Waals surface area contributed by atoms with Crippen molar-refractivity contribution in [2.75, 3.05) is 26.0 Å². The van der Waals surface area contributed by atoms with Gasteiger partial charge in [-0.2, -0.15) is 5.26 Å². The van der Waals surface area contributed by atoms with Gasteiger partial charge < -0.3 is 4.90 Å². The van der Waals surface area contributed by atoms with Gasteiger partial charge in [0.15, 0.2) is 0 Å². The van der Waals surface area contributed by atoms with Crippen LogP contribution in [0.4, 0.5) is 0 Å². The third kappa shape index (κ3) is 5.61. The van der Waals surface area contributed by atoms with E-state index in [0.717, 1.165) is 13.1 Å². The first-order valence-corrected chi connectivity index (χ1v) is 3.46. The van der Waals surface area contributed by atoms with Gasteiger partial charge in [0.25, 0.3) is 0 Å². The van der Waals surface area contributed by atoms with Gasteiger partial charge in [-0.15, -0.1) is 11.6 Å². The molecule has 2 nitrogen and oxygen atoms in total. The number of nitriles is 1. The monoisotopic (exact) mass is 146 g/mol. The minimum absolute atomic E-state index is 0.591. The lowest BCUT2D eigenvalue weighted by atomic mass is 10.4. The standard InChI is InChI=1S/C6H11ClN2/c1-9(6-3-7)5-2-4-8/h2-3,5-6H2,1H3. The maximum Gasteiger partial charge on any atom is 0.0635 e. The van der Waals surface area contributed by atoms with Crippen LogP contribution in [0.25, 0.3) is 0 Å². The summed E-state index contributed by atoms with van der Waals surface area (Å²) in [5.41, 5.74) is 0. The first-order chi connectivity index (χ1) is 4.31. The molecule has 0 aliphatic heterocycles. The molecule has 0 bridgehead atoms. The Morgan fingerprint density at radius 2 is 2.22 bits per heavy atom. The van der Waals surface area contributed by atoms with Gasteiger partial charge in [0.1, 0.15) is 0 Å². The van der Waals surface area contributed by atoms with E-state index in [4.69, 9.17) is 16.9 Å². The Morgan fingerprint density at radius 3 is 2.67 bits per heavy atom. The Hall–Kier alpha value is -0.260. The quantitative estimate of drug-likeness (QED) is 0.555. The molecular weight excluding hydrogens is 136 g/mol. The molecule has 0 saturated carbocycles. The van der Waals surface area contributed by atoms with Crippen molar-refractivity contribution in [2.24, 2.45) is 0 Å². The van der Waals surface area contributed by atoms with E-state index in [-0.39, 0.29) is 0 Å². The smallest absolute Gasteiger partial charge is 0.0635 e. The normalized spacial score (nSPS) is 9.56. The van der Waals surface area contributed by atoms with Gasteiger partial charge in [0.05, 0.1) is 6.07 Å². The lowest BCUT2D eigenvalue weighted by Gasteiger charge is -2.11. The van der Waals surface area contributed by atoms with Crippen LogP contribution < -0.4 is 0 Å². The number of hydrogen-bond donors (Lipinski definition) is 0. The molecule has 0 aromatic rings. The van der Waals surface area contributed by atoms with Crippen molar-refractivity contribution in [3.8, 4) is 6.07 Å². The molecule has 3 heteroatoms. The summed E-state index contributed by atoms with van der Waals surface area (Å²) < 4.78 is 0. The van der Waals surface area contributed by atoms with E-state index in [9.17, 15) is 0 Å². The molecule has 9 heavy (non-hydrogen) atoms. The summed E-state index contributed by atoms with van der Waals surface area (Å²) in [6.07, 6.45) is 0.591. The van der Waals surface area contributed by atoms with Gasteiger partial charge >= 0.3 is 0 Å². The fourth-order valence-corrected chi connectivity index (χ4v) is 0.785. The van der Waals surface area contributed by atoms with Gasteiger partial charge in [-0.1, -0.05) is 0 Å². The molecule has 0 saturated heterocycles. The zero-order valence-corrected chi connectivity index (χ0v) is 6.36. The van der Waals surface area contributed by atoms with E-state index in [1.54, 1.807) is 0 Å². The molecule has 0 aliphatic rings. The average molecular weight is 147 g/mol. The largest absolute Gasteiger partial charge is 0.304 e. The van der Waals surface area contributed by atoms with Crippen molar-refractivity contribution in [2.45, 2.75) is 6.42 Å². The number of rotatable bonds is 4. The summed E-state index contributed by atoms with van der Waals surface area (Å²) in [5, 5.41) is 8.17. The molecule has 0 fully saturated rings. The van der Waals surface area contributed by atoms with Crippen LogP contribution in [0.15, 0.2) is 0 Å². The van der Waals surface area contributed by atoms with Crippen LogP contribution in [0.5, 0.6) is 0 Å². The third-order valence-electron chi connectivity index (χ3n) is 1.07. The van der Waals surface area contributed by atoms with Crippen LogP contribution in [0, 0.1) is 11.3 Å². The fourth-order valence-electron chi connectivity index (χ4n) is 0.497. The van der Waals surface area contributed by atoms with Crippen molar-refractivity contribution in [3.63, 3.8) is 0 Å². The van der Waals surface area contributed by atoms with E-state index < -0.39 is 0 Å². The molecule has 0 spiro atoms. The second-order valence-electron chi connectivity index (χ2n) is 1.90. The van der Waals surface area contributed by atoms with Gasteiger partial charge in [-0.05, 0) is 7.05 Å². The topological polar surface area (TPSA) is 27.0 Å². The number of halogens is 1. The van der Waals surface area contributed by atoms with Crippen molar-refractivity contribution in [1.82, 2.24) is 4.90 Å². The highest BCUT2D eigenvalue weighted by Crippen LogP contribution is 1.86. The van der Waals surface area contributed by atoms with Gasteiger partial charge in [-0.25, -0.2) is 0 Å². The first-order valence-electron chi connectivity index (χ1n) is 2.92. The molecule has 0 N–H and O–H groups in total. The number of nitrogens with zero attached hydrogens (tertiary/aromatic N) is 2. The van der Waals surface area contributed by atoms with E-state index in [1.165, 1.54) is 0 Å². The molecule has 0 heterocycles. The predicted molar refractivity (Wildman–Crippen MR) is 38.4 cm³/mol. The Kier molecular flexibility index (Phi) is 5.70. The van der Waals surface area contributed by atoms with Gasteiger partial charge in [-0.3, -0.25) is 0 Å². The molecule has 0 aromatic heterocycles. The highest BCUT2D eigenvalue weighted by atomic mass is 35.5. The van der Waals surface area contributed by atoms with Crippen LogP contribution in [-0.4, -0.2) is 30.9 Å². The molecule has 0 radical (unpaired) electrons. The molecule has 0 amide bonds. The first kappa shape index (κ1) is 8.74. The van der Waals surface area contributed by atoms with Crippen LogP contribution >= 0.6 is 11.6 Å². The number of hydrogen-bond acceptors (Lipinski definition) is 2. The Morgan fingerprint density at radius 1 is 1.56 bits per heavy atom. The lowest BCUT2D eigenvalue weighted by molar-refractivity contribution is 0.364. The van der Waals surface area contributed by atoms with Crippen LogP contribution in [0.3, 0.4) is 0 Å². The predicted octanol–water partition coefficient (Wildman–Crippen LogP) is 1.07.